The van der Waals surface area contributed by atoms with Gasteiger partial charge >= 0.3 is 0 Å². The number of nitrogens with zero attached hydrogens (tertiary/aromatic N) is 1. The largest absolute Gasteiger partial charge is 0.494 e. The van der Waals surface area contributed by atoms with Crippen molar-refractivity contribution < 1.29 is 22.7 Å². The maximum atomic E-state index is 13.7. The molecule has 0 saturated carbocycles. The topological polar surface area (TPSA) is 72.9 Å². The summed E-state index contributed by atoms with van der Waals surface area (Å²) in [5.41, 5.74) is 3.17. The van der Waals surface area contributed by atoms with Gasteiger partial charge in [0.2, 0.25) is 0 Å². The first-order valence-corrected chi connectivity index (χ1v) is 13.4. The van der Waals surface area contributed by atoms with Crippen molar-refractivity contribution in [3.05, 3.63) is 109 Å². The van der Waals surface area contributed by atoms with Crippen molar-refractivity contribution >= 4 is 21.6 Å². The summed E-state index contributed by atoms with van der Waals surface area (Å²) in [5, 5.41) is 0. The molecule has 0 aliphatic heterocycles. The Hall–Kier alpha value is -4.10. The number of ether oxygens (including phenoxy) is 2. The van der Waals surface area contributed by atoms with Crippen LogP contribution in [0.3, 0.4) is 0 Å². The molecule has 7 heteroatoms. The third-order valence-electron chi connectivity index (χ3n) is 5.76. The van der Waals surface area contributed by atoms with Crippen molar-refractivity contribution in [2.75, 3.05) is 10.9 Å². The van der Waals surface area contributed by atoms with E-state index in [9.17, 15) is 13.2 Å². The van der Waals surface area contributed by atoms with Crippen molar-refractivity contribution in [2.45, 2.75) is 31.8 Å². The molecule has 0 aliphatic rings. The number of hydrogen-bond donors (Lipinski definition) is 0. The second-order valence-corrected chi connectivity index (χ2v) is 10.3. The number of anilines is 1. The molecular weight excluding hydrogens is 486 g/mol. The highest BCUT2D eigenvalue weighted by atomic mass is 32.2. The quantitative estimate of drug-likeness (QED) is 0.263. The highest BCUT2D eigenvalue weighted by Gasteiger charge is 2.35. The Morgan fingerprint density at radius 3 is 1.95 bits per heavy atom. The van der Waals surface area contributed by atoms with E-state index >= 15 is 0 Å². The Morgan fingerprint density at radius 2 is 1.35 bits per heavy atom. The predicted octanol–water partition coefficient (Wildman–Crippen LogP) is 6.25. The number of amides is 1. The van der Waals surface area contributed by atoms with Crippen LogP contribution in [0.4, 0.5) is 5.69 Å². The molecule has 0 spiro atoms. The van der Waals surface area contributed by atoms with E-state index in [4.69, 9.17) is 9.47 Å². The van der Waals surface area contributed by atoms with Gasteiger partial charge in [0.25, 0.3) is 15.9 Å². The van der Waals surface area contributed by atoms with Crippen LogP contribution in [0, 0.1) is 6.92 Å². The molecule has 0 aromatic heterocycles. The summed E-state index contributed by atoms with van der Waals surface area (Å²) in [5.74, 6) is 0.325. The van der Waals surface area contributed by atoms with Crippen LogP contribution >= 0.6 is 0 Å². The molecule has 4 aromatic carbocycles. The zero-order valence-corrected chi connectivity index (χ0v) is 21.8. The summed E-state index contributed by atoms with van der Waals surface area (Å²) in [7, 11) is -4.21. The molecule has 0 N–H and O–H groups in total. The van der Waals surface area contributed by atoms with Gasteiger partial charge in [-0.1, -0.05) is 60.2 Å². The Bertz CT molecular complexity index is 1430. The summed E-state index contributed by atoms with van der Waals surface area (Å²) in [6.45, 7) is 5.74. The van der Waals surface area contributed by atoms with Crippen LogP contribution in [0.1, 0.15) is 19.4 Å². The number of hydrogen-bond acceptors (Lipinski definition) is 5. The maximum absolute atomic E-state index is 13.7. The van der Waals surface area contributed by atoms with E-state index < -0.39 is 22.0 Å². The normalized spacial score (nSPS) is 12.0. The minimum absolute atomic E-state index is 0.0137. The Kier molecular flexibility index (Phi) is 7.94. The second-order valence-electron chi connectivity index (χ2n) is 8.50. The summed E-state index contributed by atoms with van der Waals surface area (Å²) in [4.78, 5) is 13.6. The van der Waals surface area contributed by atoms with Crippen LogP contribution in [-0.2, 0) is 14.8 Å². The molecule has 1 amide bonds. The number of rotatable bonds is 9. The number of aryl methyl sites for hydroxylation is 1. The first-order valence-electron chi connectivity index (χ1n) is 12.0. The van der Waals surface area contributed by atoms with Gasteiger partial charge in [0.15, 0.2) is 6.10 Å². The van der Waals surface area contributed by atoms with E-state index in [2.05, 4.69) is 0 Å². The first-order chi connectivity index (χ1) is 17.8. The Balaban J connectivity index is 1.63. The minimum atomic E-state index is -4.21. The molecular formula is C30H29NO5S. The third-order valence-corrected chi connectivity index (χ3v) is 7.50. The maximum Gasteiger partial charge on any atom is 0.281 e. The molecule has 4 rings (SSSR count). The minimum Gasteiger partial charge on any atom is -0.494 e. The van der Waals surface area contributed by atoms with Crippen molar-refractivity contribution in [3.63, 3.8) is 0 Å². The van der Waals surface area contributed by atoms with Gasteiger partial charge in [-0.2, -0.15) is 4.31 Å². The second kappa shape index (κ2) is 11.3. The van der Waals surface area contributed by atoms with Crippen LogP contribution in [-0.4, -0.2) is 27.0 Å². The molecule has 37 heavy (non-hydrogen) atoms. The van der Waals surface area contributed by atoms with Gasteiger partial charge < -0.3 is 9.47 Å². The molecule has 0 radical (unpaired) electrons. The zero-order chi connectivity index (χ0) is 26.4. The van der Waals surface area contributed by atoms with Crippen molar-refractivity contribution in [2.24, 2.45) is 0 Å². The summed E-state index contributed by atoms with van der Waals surface area (Å²) < 4.78 is 39.5. The monoisotopic (exact) mass is 515 g/mol. The smallest absolute Gasteiger partial charge is 0.281 e. The number of carbonyl (C=O) groups is 1. The van der Waals surface area contributed by atoms with Gasteiger partial charge in [0, 0.05) is 0 Å². The summed E-state index contributed by atoms with van der Waals surface area (Å²) in [6, 6.07) is 30.0. The molecule has 190 valence electrons. The van der Waals surface area contributed by atoms with E-state index in [-0.39, 0.29) is 10.6 Å². The molecule has 0 aliphatic carbocycles. The number of sulfonamides is 1. The number of benzene rings is 4. The van der Waals surface area contributed by atoms with E-state index in [1.165, 1.54) is 12.1 Å². The lowest BCUT2D eigenvalue weighted by atomic mass is 10.1. The van der Waals surface area contributed by atoms with Crippen LogP contribution in [0.25, 0.3) is 11.1 Å². The average molecular weight is 516 g/mol. The lowest BCUT2D eigenvalue weighted by Gasteiger charge is -2.26. The fourth-order valence-corrected chi connectivity index (χ4v) is 5.30. The highest BCUT2D eigenvalue weighted by molar-refractivity contribution is 7.93. The van der Waals surface area contributed by atoms with E-state index in [1.807, 2.05) is 56.3 Å². The van der Waals surface area contributed by atoms with Gasteiger partial charge in [-0.05, 0) is 80.4 Å². The zero-order valence-electron chi connectivity index (χ0n) is 21.0. The molecule has 4 aromatic rings. The molecule has 0 bridgehead atoms. The van der Waals surface area contributed by atoms with Crippen molar-refractivity contribution in [1.82, 2.24) is 0 Å². The summed E-state index contributed by atoms with van der Waals surface area (Å²) >= 11 is 0. The van der Waals surface area contributed by atoms with Crippen LogP contribution in [0.15, 0.2) is 108 Å². The van der Waals surface area contributed by atoms with Gasteiger partial charge in [-0.25, -0.2) is 8.42 Å². The molecule has 0 saturated heterocycles. The van der Waals surface area contributed by atoms with E-state index in [0.29, 0.717) is 18.1 Å². The van der Waals surface area contributed by atoms with E-state index in [0.717, 1.165) is 21.0 Å². The molecule has 6 nitrogen and oxygen atoms in total. The molecule has 1 atom stereocenters. The predicted molar refractivity (Wildman–Crippen MR) is 145 cm³/mol. The molecule has 0 heterocycles. The fourth-order valence-electron chi connectivity index (χ4n) is 3.82. The SMILES string of the molecule is CCOc1ccc(N(C(=O)C(C)Oc2ccc(-c3ccccc3)cc2)S(=O)(=O)c2ccc(C)cc2)cc1. The van der Waals surface area contributed by atoms with Crippen LogP contribution in [0.2, 0.25) is 0 Å². The standard InChI is InChI=1S/C30H29NO5S/c1-4-35-27-18-14-26(15-19-27)31(37(33,34)29-20-10-22(2)11-21-29)30(32)23(3)36-28-16-12-25(13-17-28)24-8-6-5-7-9-24/h5-21,23H,4H2,1-3H3. The number of carbonyl (C=O) groups excluding carboxylic acids is 1. The highest BCUT2D eigenvalue weighted by Crippen LogP contribution is 2.28. The Labute approximate surface area is 218 Å². The average Bonchev–Trinajstić information content (AvgIpc) is 2.91. The van der Waals surface area contributed by atoms with Gasteiger partial charge in [-0.3, -0.25) is 4.79 Å². The first kappa shape index (κ1) is 26.0. The van der Waals surface area contributed by atoms with Crippen LogP contribution in [0.5, 0.6) is 11.5 Å². The molecule has 0 fully saturated rings. The van der Waals surface area contributed by atoms with Gasteiger partial charge in [-0.15, -0.1) is 0 Å². The van der Waals surface area contributed by atoms with Gasteiger partial charge in [0.05, 0.1) is 17.2 Å². The Morgan fingerprint density at radius 1 is 0.784 bits per heavy atom. The molecule has 1 unspecified atom stereocenters. The van der Waals surface area contributed by atoms with Gasteiger partial charge in [0.1, 0.15) is 11.5 Å². The summed E-state index contributed by atoms with van der Waals surface area (Å²) in [6.07, 6.45) is -1.07. The van der Waals surface area contributed by atoms with Crippen LogP contribution < -0.4 is 13.8 Å². The lowest BCUT2D eigenvalue weighted by molar-refractivity contribution is -0.123. The fraction of sp³-hybridized carbons (Fsp3) is 0.167. The third kappa shape index (κ3) is 6.01. The lowest BCUT2D eigenvalue weighted by Crippen LogP contribution is -2.44. The van der Waals surface area contributed by atoms with Crippen molar-refractivity contribution in [1.29, 1.82) is 0 Å². The van der Waals surface area contributed by atoms with Crippen molar-refractivity contribution in [3.8, 4) is 22.6 Å². The van der Waals surface area contributed by atoms with E-state index in [1.54, 1.807) is 55.5 Å².